The summed E-state index contributed by atoms with van der Waals surface area (Å²) in [5.74, 6) is 0. The van der Waals surface area contributed by atoms with E-state index < -0.39 is 0 Å². The van der Waals surface area contributed by atoms with Crippen LogP contribution in [0.25, 0.3) is 10.2 Å². The molecule has 0 radical (unpaired) electrons. The third-order valence-corrected chi connectivity index (χ3v) is 4.42. The molecule has 3 nitrogen and oxygen atoms in total. The molecule has 0 aliphatic carbocycles. The van der Waals surface area contributed by atoms with Crippen molar-refractivity contribution >= 4 is 21.6 Å². The standard InChI is InChI=1S/C14H21N3S/c1-4-10(15-6-3)7-13-12-8-11(5-2)18-14(12)17-9-16-13/h8-10,15H,4-7H2,1-3H3. The third kappa shape index (κ3) is 2.87. The first kappa shape index (κ1) is 13.4. The minimum atomic E-state index is 0.512. The lowest BCUT2D eigenvalue weighted by Crippen LogP contribution is -2.30. The summed E-state index contributed by atoms with van der Waals surface area (Å²) in [5, 5.41) is 4.76. The van der Waals surface area contributed by atoms with Crippen LogP contribution >= 0.6 is 11.3 Å². The zero-order valence-corrected chi connectivity index (χ0v) is 12.2. The molecule has 0 amide bonds. The largest absolute Gasteiger partial charge is 0.314 e. The summed E-state index contributed by atoms with van der Waals surface area (Å²) >= 11 is 1.79. The van der Waals surface area contributed by atoms with Crippen LogP contribution in [0.3, 0.4) is 0 Å². The van der Waals surface area contributed by atoms with E-state index in [2.05, 4.69) is 42.1 Å². The Morgan fingerprint density at radius 2 is 2.11 bits per heavy atom. The molecule has 1 unspecified atom stereocenters. The Hall–Kier alpha value is -1.00. The Morgan fingerprint density at radius 1 is 1.28 bits per heavy atom. The fourth-order valence-corrected chi connectivity index (χ4v) is 3.13. The van der Waals surface area contributed by atoms with Crippen molar-refractivity contribution in [2.24, 2.45) is 0 Å². The number of nitrogens with zero attached hydrogens (tertiary/aromatic N) is 2. The highest BCUT2D eigenvalue weighted by Gasteiger charge is 2.12. The molecule has 2 aromatic heterocycles. The second kappa shape index (κ2) is 6.25. The van der Waals surface area contributed by atoms with Crippen LogP contribution in [0.5, 0.6) is 0 Å². The van der Waals surface area contributed by atoms with E-state index in [9.17, 15) is 0 Å². The number of thiophene rings is 1. The van der Waals surface area contributed by atoms with Gasteiger partial charge in [-0.15, -0.1) is 11.3 Å². The summed E-state index contributed by atoms with van der Waals surface area (Å²) in [6, 6.07) is 2.77. The zero-order valence-electron chi connectivity index (χ0n) is 11.4. The maximum Gasteiger partial charge on any atom is 0.127 e. The van der Waals surface area contributed by atoms with E-state index in [4.69, 9.17) is 0 Å². The number of fused-ring (bicyclic) bond motifs is 1. The predicted molar refractivity (Wildman–Crippen MR) is 78.3 cm³/mol. The summed E-state index contributed by atoms with van der Waals surface area (Å²) < 4.78 is 0. The van der Waals surface area contributed by atoms with Gasteiger partial charge in [0.15, 0.2) is 0 Å². The van der Waals surface area contributed by atoms with Gasteiger partial charge in [0.05, 0.1) is 5.69 Å². The number of hydrogen-bond donors (Lipinski definition) is 1. The maximum atomic E-state index is 4.48. The molecule has 0 bridgehead atoms. The average Bonchev–Trinajstić information content (AvgIpc) is 2.82. The number of likely N-dealkylation sites (N-methyl/N-ethyl adjacent to an activating group) is 1. The first-order valence-electron chi connectivity index (χ1n) is 6.74. The maximum absolute atomic E-state index is 4.48. The lowest BCUT2D eigenvalue weighted by atomic mass is 10.1. The molecular formula is C14H21N3S. The summed E-state index contributed by atoms with van der Waals surface area (Å²) in [5.41, 5.74) is 1.18. The molecule has 2 heterocycles. The first-order chi connectivity index (χ1) is 8.78. The molecule has 0 fully saturated rings. The van der Waals surface area contributed by atoms with E-state index in [1.54, 1.807) is 17.7 Å². The third-order valence-electron chi connectivity index (χ3n) is 3.24. The monoisotopic (exact) mass is 263 g/mol. The van der Waals surface area contributed by atoms with Crippen LogP contribution in [0, 0.1) is 0 Å². The number of rotatable bonds is 6. The van der Waals surface area contributed by atoms with Crippen molar-refractivity contribution in [2.45, 2.75) is 46.1 Å². The van der Waals surface area contributed by atoms with Gasteiger partial charge >= 0.3 is 0 Å². The lowest BCUT2D eigenvalue weighted by Gasteiger charge is -2.15. The van der Waals surface area contributed by atoms with Gasteiger partial charge in [0.25, 0.3) is 0 Å². The van der Waals surface area contributed by atoms with E-state index in [-0.39, 0.29) is 0 Å². The Morgan fingerprint density at radius 3 is 2.78 bits per heavy atom. The average molecular weight is 263 g/mol. The van der Waals surface area contributed by atoms with Crippen LogP contribution in [0.15, 0.2) is 12.4 Å². The van der Waals surface area contributed by atoms with Crippen LogP contribution in [0.4, 0.5) is 0 Å². The summed E-state index contributed by atoms with van der Waals surface area (Å²) in [6.07, 6.45) is 4.89. The molecule has 0 aliphatic heterocycles. The highest BCUT2D eigenvalue weighted by Crippen LogP contribution is 2.26. The lowest BCUT2D eigenvalue weighted by molar-refractivity contribution is 0.507. The summed E-state index contributed by atoms with van der Waals surface area (Å²) in [7, 11) is 0. The van der Waals surface area contributed by atoms with Crippen molar-refractivity contribution in [3.63, 3.8) is 0 Å². The Kier molecular flexibility index (Phi) is 4.66. The Labute approximate surface area is 113 Å². The van der Waals surface area contributed by atoms with Gasteiger partial charge < -0.3 is 5.32 Å². The molecule has 18 heavy (non-hydrogen) atoms. The molecular weight excluding hydrogens is 242 g/mol. The molecule has 0 spiro atoms. The zero-order chi connectivity index (χ0) is 13.0. The molecule has 1 atom stereocenters. The second-order valence-electron chi connectivity index (χ2n) is 4.47. The van der Waals surface area contributed by atoms with Gasteiger partial charge in [-0.3, -0.25) is 0 Å². The number of aromatic nitrogens is 2. The van der Waals surface area contributed by atoms with Crippen molar-refractivity contribution in [3.05, 3.63) is 23.0 Å². The van der Waals surface area contributed by atoms with Crippen LogP contribution < -0.4 is 5.32 Å². The minimum absolute atomic E-state index is 0.512. The number of nitrogens with one attached hydrogen (secondary N) is 1. The summed E-state index contributed by atoms with van der Waals surface area (Å²) in [4.78, 5) is 11.4. The van der Waals surface area contributed by atoms with Crippen LogP contribution in [-0.2, 0) is 12.8 Å². The molecule has 0 aromatic carbocycles. The quantitative estimate of drug-likeness (QED) is 0.870. The van der Waals surface area contributed by atoms with E-state index in [0.29, 0.717) is 6.04 Å². The topological polar surface area (TPSA) is 37.8 Å². The molecule has 98 valence electrons. The van der Waals surface area contributed by atoms with E-state index in [1.165, 1.54) is 16.0 Å². The predicted octanol–water partition coefficient (Wildman–Crippen LogP) is 3.18. The fourth-order valence-electron chi connectivity index (χ4n) is 2.17. The fraction of sp³-hybridized carbons (Fsp3) is 0.571. The van der Waals surface area contributed by atoms with Gasteiger partial charge in [-0.05, 0) is 25.5 Å². The van der Waals surface area contributed by atoms with Crippen molar-refractivity contribution in [1.29, 1.82) is 0 Å². The second-order valence-corrected chi connectivity index (χ2v) is 5.59. The molecule has 2 aromatic rings. The van der Waals surface area contributed by atoms with Crippen molar-refractivity contribution < 1.29 is 0 Å². The molecule has 0 saturated carbocycles. The van der Waals surface area contributed by atoms with E-state index >= 15 is 0 Å². The SMILES string of the molecule is CCNC(CC)Cc1ncnc2sc(CC)cc12. The van der Waals surface area contributed by atoms with Gasteiger partial charge in [-0.1, -0.05) is 20.8 Å². The van der Waals surface area contributed by atoms with Crippen LogP contribution in [-0.4, -0.2) is 22.6 Å². The van der Waals surface area contributed by atoms with Crippen molar-refractivity contribution in [1.82, 2.24) is 15.3 Å². The molecule has 4 heteroatoms. The Balaban J connectivity index is 2.29. The van der Waals surface area contributed by atoms with Crippen molar-refractivity contribution in [3.8, 4) is 0 Å². The Bertz CT molecular complexity index is 507. The highest BCUT2D eigenvalue weighted by molar-refractivity contribution is 7.18. The smallest absolute Gasteiger partial charge is 0.127 e. The molecule has 2 rings (SSSR count). The van der Waals surface area contributed by atoms with Crippen LogP contribution in [0.1, 0.15) is 37.8 Å². The molecule has 1 N–H and O–H groups in total. The number of aryl methyl sites for hydroxylation is 1. The molecule has 0 saturated heterocycles. The van der Waals surface area contributed by atoms with E-state index in [1.807, 2.05) is 0 Å². The first-order valence-corrected chi connectivity index (χ1v) is 7.55. The molecule has 0 aliphatic rings. The van der Waals surface area contributed by atoms with Gasteiger partial charge in [-0.2, -0.15) is 0 Å². The number of hydrogen-bond acceptors (Lipinski definition) is 4. The van der Waals surface area contributed by atoms with Crippen LogP contribution in [0.2, 0.25) is 0 Å². The van der Waals surface area contributed by atoms with E-state index in [0.717, 1.165) is 30.6 Å². The normalized spacial score (nSPS) is 13.1. The van der Waals surface area contributed by atoms with Crippen molar-refractivity contribution in [2.75, 3.05) is 6.54 Å². The van der Waals surface area contributed by atoms with Gasteiger partial charge in [-0.25, -0.2) is 9.97 Å². The highest BCUT2D eigenvalue weighted by atomic mass is 32.1. The van der Waals surface area contributed by atoms with Gasteiger partial charge in [0, 0.05) is 22.7 Å². The van der Waals surface area contributed by atoms with Gasteiger partial charge in [0.1, 0.15) is 11.2 Å². The minimum Gasteiger partial charge on any atom is -0.314 e. The summed E-state index contributed by atoms with van der Waals surface area (Å²) in [6.45, 7) is 7.57. The van der Waals surface area contributed by atoms with Gasteiger partial charge in [0.2, 0.25) is 0 Å².